The van der Waals surface area contributed by atoms with Gasteiger partial charge in [-0.25, -0.2) is 18.3 Å². The molecule has 4 heterocycles. The van der Waals surface area contributed by atoms with Crippen molar-refractivity contribution in [1.29, 1.82) is 0 Å². The first-order chi connectivity index (χ1) is 19.1. The Balaban J connectivity index is 1.28. The Kier molecular flexibility index (Phi) is 6.70. The van der Waals surface area contributed by atoms with Crippen molar-refractivity contribution in [3.8, 4) is 0 Å². The van der Waals surface area contributed by atoms with E-state index in [9.17, 15) is 23.5 Å². The molecule has 1 atom stereocenters. The van der Waals surface area contributed by atoms with Gasteiger partial charge in [0.2, 0.25) is 0 Å². The average molecular weight is 554 g/mol. The molecule has 0 bridgehead atoms. The van der Waals surface area contributed by atoms with E-state index in [1.165, 1.54) is 29.5 Å². The molecule has 10 nitrogen and oxygen atoms in total. The van der Waals surface area contributed by atoms with Crippen LogP contribution in [0.4, 0.5) is 20.2 Å². The van der Waals surface area contributed by atoms with Gasteiger partial charge in [-0.3, -0.25) is 14.5 Å². The molecule has 0 unspecified atom stereocenters. The Hall–Kier alpha value is -3.64. The zero-order valence-electron chi connectivity index (χ0n) is 22.6. The Morgan fingerprint density at radius 2 is 1.98 bits per heavy atom. The number of carbonyl (C=O) groups is 2. The van der Waals surface area contributed by atoms with E-state index in [1.54, 1.807) is 30.6 Å². The minimum atomic E-state index is -1.61. The Bertz CT molecular complexity index is 1440. The molecule has 2 amide bonds. The number of anilines is 2. The number of halogens is 2. The lowest BCUT2D eigenvalue weighted by molar-refractivity contribution is -0.0159. The quantitative estimate of drug-likeness (QED) is 0.464. The number of alkyl halides is 2. The van der Waals surface area contributed by atoms with Crippen LogP contribution in [-0.2, 0) is 6.54 Å². The van der Waals surface area contributed by atoms with Gasteiger partial charge in [-0.05, 0) is 50.5 Å². The molecule has 3 aromatic rings. The highest BCUT2D eigenvalue weighted by atomic mass is 19.1. The number of hydrogen-bond acceptors (Lipinski definition) is 7. The van der Waals surface area contributed by atoms with Gasteiger partial charge in [0, 0.05) is 56.7 Å². The lowest BCUT2D eigenvalue weighted by Crippen LogP contribution is -2.54. The zero-order valence-corrected chi connectivity index (χ0v) is 22.6. The molecule has 1 aromatic carbocycles. The number of nitrogens with one attached hydrogen (secondary N) is 1. The molecule has 212 valence electrons. The van der Waals surface area contributed by atoms with E-state index in [2.05, 4.69) is 25.2 Å². The van der Waals surface area contributed by atoms with Gasteiger partial charge in [0.05, 0.1) is 29.7 Å². The third kappa shape index (κ3) is 4.90. The normalized spacial score (nSPS) is 22.4. The summed E-state index contributed by atoms with van der Waals surface area (Å²) < 4.78 is 29.6. The highest BCUT2D eigenvalue weighted by Gasteiger charge is 2.37. The number of carbonyl (C=O) groups excluding carboxylic acids is 2. The van der Waals surface area contributed by atoms with Crippen LogP contribution in [-0.4, -0.2) is 98.0 Å². The number of piperazine rings is 1. The molecule has 3 aliphatic rings. The number of benzene rings is 1. The molecule has 6 rings (SSSR count). The number of nitrogens with zero attached hydrogens (tertiary/aromatic N) is 6. The number of fused-ring (bicyclic) bond motifs is 2. The monoisotopic (exact) mass is 553 g/mol. The third-order valence-corrected chi connectivity index (χ3v) is 8.25. The van der Waals surface area contributed by atoms with Gasteiger partial charge in [0.1, 0.15) is 17.9 Å². The van der Waals surface area contributed by atoms with Crippen molar-refractivity contribution in [2.45, 2.75) is 57.2 Å². The van der Waals surface area contributed by atoms with E-state index < -0.39 is 17.9 Å². The summed E-state index contributed by atoms with van der Waals surface area (Å²) >= 11 is 0. The summed E-state index contributed by atoms with van der Waals surface area (Å²) in [6, 6.07) is 5.54. The van der Waals surface area contributed by atoms with E-state index in [0.29, 0.717) is 59.6 Å². The first-order valence-corrected chi connectivity index (χ1v) is 13.6. The number of hydrogen-bond donors (Lipinski definition) is 2. The molecular weight excluding hydrogens is 520 g/mol. The maximum atomic E-state index is 14.7. The minimum Gasteiger partial charge on any atom is -0.387 e. The van der Waals surface area contributed by atoms with Gasteiger partial charge in [0.25, 0.3) is 11.8 Å². The Morgan fingerprint density at radius 1 is 1.23 bits per heavy atom. The van der Waals surface area contributed by atoms with Crippen molar-refractivity contribution in [3.05, 3.63) is 53.5 Å². The SMILES string of the molecule is CC(C)(O)[C@H](F)CN1Cc2cc(NC(=O)c3cnn4cccnc34)c(N3CCN([C@H]4C[C@H](F)C4)CC3)cc2C1=O. The standard InChI is InChI=1S/C28H33F2N7O3/c1-28(2,40)24(30)16-36-15-17-10-22(33-26(38)21-14-32-37-5-3-4-31-25(21)37)23(13-20(17)27(36)39)35-8-6-34(7-9-35)19-11-18(29)12-19/h3-5,10,13-14,18-19,24,40H,6-9,11-12,15-16H2,1-2H3,(H,33,38)/t18-,19-,24-/m1/s1. The van der Waals surface area contributed by atoms with Crippen molar-refractivity contribution in [2.24, 2.45) is 0 Å². The summed E-state index contributed by atoms with van der Waals surface area (Å²) in [5.74, 6) is -0.695. The van der Waals surface area contributed by atoms with E-state index in [0.717, 1.165) is 13.1 Å². The highest BCUT2D eigenvalue weighted by molar-refractivity contribution is 6.10. The van der Waals surface area contributed by atoms with Crippen LogP contribution < -0.4 is 10.2 Å². The van der Waals surface area contributed by atoms with Crippen molar-refractivity contribution in [3.63, 3.8) is 0 Å². The summed E-state index contributed by atoms with van der Waals surface area (Å²) in [4.78, 5) is 36.8. The molecular formula is C28H33F2N7O3. The maximum absolute atomic E-state index is 14.7. The van der Waals surface area contributed by atoms with Crippen molar-refractivity contribution >= 4 is 28.8 Å². The second-order valence-corrected chi connectivity index (χ2v) is 11.5. The zero-order chi connectivity index (χ0) is 28.2. The molecule has 2 fully saturated rings. The average Bonchev–Trinajstić information content (AvgIpc) is 3.47. The molecule has 1 aliphatic carbocycles. The summed E-state index contributed by atoms with van der Waals surface area (Å²) in [5.41, 5.74) is 1.51. The molecule has 2 N–H and O–H groups in total. The van der Waals surface area contributed by atoms with Gasteiger partial charge in [-0.15, -0.1) is 0 Å². The fourth-order valence-corrected chi connectivity index (χ4v) is 5.66. The first kappa shape index (κ1) is 26.6. The molecule has 1 saturated carbocycles. The molecule has 2 aromatic heterocycles. The highest BCUT2D eigenvalue weighted by Crippen LogP contribution is 2.37. The van der Waals surface area contributed by atoms with Crippen LogP contribution in [0.5, 0.6) is 0 Å². The van der Waals surface area contributed by atoms with Crippen LogP contribution in [0, 0.1) is 0 Å². The smallest absolute Gasteiger partial charge is 0.261 e. The predicted molar refractivity (Wildman–Crippen MR) is 145 cm³/mol. The Morgan fingerprint density at radius 3 is 2.67 bits per heavy atom. The van der Waals surface area contributed by atoms with Crippen LogP contribution in [0.2, 0.25) is 0 Å². The second kappa shape index (κ2) is 10.1. The molecule has 12 heteroatoms. The Labute approximate surface area is 230 Å². The van der Waals surface area contributed by atoms with Gasteiger partial charge in [-0.1, -0.05) is 0 Å². The number of amides is 2. The van der Waals surface area contributed by atoms with Gasteiger partial charge in [0.15, 0.2) is 5.65 Å². The van der Waals surface area contributed by atoms with E-state index >= 15 is 0 Å². The van der Waals surface area contributed by atoms with E-state index in [-0.39, 0.29) is 30.9 Å². The van der Waals surface area contributed by atoms with Gasteiger partial charge < -0.3 is 20.2 Å². The largest absolute Gasteiger partial charge is 0.387 e. The van der Waals surface area contributed by atoms with Crippen molar-refractivity contribution in [1.82, 2.24) is 24.4 Å². The van der Waals surface area contributed by atoms with Gasteiger partial charge in [-0.2, -0.15) is 5.10 Å². The third-order valence-electron chi connectivity index (χ3n) is 8.25. The fraction of sp³-hybridized carbons (Fsp3) is 0.500. The first-order valence-electron chi connectivity index (χ1n) is 13.6. The molecule has 1 saturated heterocycles. The van der Waals surface area contributed by atoms with Crippen LogP contribution in [0.15, 0.2) is 36.8 Å². The fourth-order valence-electron chi connectivity index (χ4n) is 5.66. The van der Waals surface area contributed by atoms with Crippen LogP contribution >= 0.6 is 0 Å². The van der Waals surface area contributed by atoms with Crippen molar-refractivity contribution in [2.75, 3.05) is 42.9 Å². The maximum Gasteiger partial charge on any atom is 0.261 e. The number of aromatic nitrogens is 3. The van der Waals surface area contributed by atoms with Gasteiger partial charge >= 0.3 is 0 Å². The lowest BCUT2D eigenvalue weighted by Gasteiger charge is -2.45. The number of aliphatic hydroxyl groups is 1. The summed E-state index contributed by atoms with van der Waals surface area (Å²) in [6.45, 7) is 5.48. The van der Waals surface area contributed by atoms with Crippen molar-refractivity contribution < 1.29 is 23.5 Å². The molecule has 2 aliphatic heterocycles. The second-order valence-electron chi connectivity index (χ2n) is 11.5. The molecule has 0 radical (unpaired) electrons. The van der Waals surface area contributed by atoms with Crippen LogP contribution in [0.3, 0.4) is 0 Å². The van der Waals surface area contributed by atoms with E-state index in [4.69, 9.17) is 0 Å². The molecule has 40 heavy (non-hydrogen) atoms. The number of rotatable bonds is 7. The molecule has 0 spiro atoms. The van der Waals surface area contributed by atoms with Crippen LogP contribution in [0.1, 0.15) is 53.0 Å². The van der Waals surface area contributed by atoms with Crippen LogP contribution in [0.25, 0.3) is 5.65 Å². The summed E-state index contributed by atoms with van der Waals surface area (Å²) in [7, 11) is 0. The topological polar surface area (TPSA) is 106 Å². The minimum absolute atomic E-state index is 0.173. The summed E-state index contributed by atoms with van der Waals surface area (Å²) in [5, 5.41) is 17.3. The lowest BCUT2D eigenvalue weighted by atomic mass is 9.89. The predicted octanol–water partition coefficient (Wildman–Crippen LogP) is 2.67. The summed E-state index contributed by atoms with van der Waals surface area (Å²) in [6.07, 6.45) is 3.56. The van der Waals surface area contributed by atoms with E-state index in [1.807, 2.05) is 0 Å².